The quantitative estimate of drug-likeness (QED) is 0.204. The molecule has 190 valence electrons. The molecule has 0 saturated carbocycles. The third kappa shape index (κ3) is 3.66. The summed E-state index contributed by atoms with van der Waals surface area (Å²) in [6.45, 7) is 6.70. The monoisotopic (exact) mass is 514 g/mol. The Morgan fingerprint density at radius 3 is 2.44 bits per heavy atom. The summed E-state index contributed by atoms with van der Waals surface area (Å²) in [5.41, 5.74) is 9.27. The van der Waals surface area contributed by atoms with Gasteiger partial charge >= 0.3 is 0 Å². The number of allylic oxidation sites excluding steroid dienone is 1. The summed E-state index contributed by atoms with van der Waals surface area (Å²) in [5, 5.41) is 0. The van der Waals surface area contributed by atoms with Crippen molar-refractivity contribution >= 4 is 5.70 Å². The summed E-state index contributed by atoms with van der Waals surface area (Å²) in [5.74, 6) is -1.54. The number of aromatic nitrogens is 2. The fraction of sp³-hybridized carbons (Fsp3) is 0.143. The van der Waals surface area contributed by atoms with E-state index >= 15 is 4.39 Å². The van der Waals surface area contributed by atoms with E-state index in [9.17, 15) is 4.39 Å². The van der Waals surface area contributed by atoms with Crippen LogP contribution in [0.1, 0.15) is 35.1 Å². The fourth-order valence-electron chi connectivity index (χ4n) is 6.58. The van der Waals surface area contributed by atoms with Gasteiger partial charge in [-0.15, -0.1) is 0 Å². The maximum absolute atomic E-state index is 15.7. The highest BCUT2D eigenvalue weighted by Gasteiger charge is 2.47. The SMILES string of the molecule is C=C1C2C(CCc3ccc(F)c(F)c3-c3cc(C)c(-c4ccccc4)c[n+]31)c1ccccc1-c1cccc[n+]12. The highest BCUT2D eigenvalue weighted by atomic mass is 19.2. The molecule has 0 saturated heterocycles. The van der Waals surface area contributed by atoms with Gasteiger partial charge in [-0.2, -0.15) is 9.13 Å². The number of rotatable bonds is 1. The number of hydrogen-bond acceptors (Lipinski definition) is 0. The van der Waals surface area contributed by atoms with Gasteiger partial charge < -0.3 is 0 Å². The summed E-state index contributed by atoms with van der Waals surface area (Å²) in [4.78, 5) is 0. The van der Waals surface area contributed by atoms with Crippen LogP contribution in [-0.4, -0.2) is 0 Å². The zero-order valence-corrected chi connectivity index (χ0v) is 21.7. The van der Waals surface area contributed by atoms with Crippen molar-refractivity contribution in [2.75, 3.05) is 0 Å². The first kappa shape index (κ1) is 23.7. The van der Waals surface area contributed by atoms with Gasteiger partial charge in [0.1, 0.15) is 0 Å². The van der Waals surface area contributed by atoms with Crippen molar-refractivity contribution in [3.63, 3.8) is 0 Å². The zero-order valence-electron chi connectivity index (χ0n) is 21.7. The van der Waals surface area contributed by atoms with Gasteiger partial charge in [0.25, 0.3) is 0 Å². The predicted molar refractivity (Wildman–Crippen MR) is 150 cm³/mol. The second kappa shape index (κ2) is 9.09. The van der Waals surface area contributed by atoms with Crippen molar-refractivity contribution in [3.05, 3.63) is 138 Å². The van der Waals surface area contributed by atoms with Crippen molar-refractivity contribution in [3.8, 4) is 33.6 Å². The van der Waals surface area contributed by atoms with Crippen molar-refractivity contribution in [1.29, 1.82) is 0 Å². The van der Waals surface area contributed by atoms with Crippen LogP contribution in [0.4, 0.5) is 8.78 Å². The highest BCUT2D eigenvalue weighted by molar-refractivity contribution is 5.72. The van der Waals surface area contributed by atoms with Gasteiger partial charge in [-0.05, 0) is 66.8 Å². The number of aryl methyl sites for hydroxylation is 2. The summed E-state index contributed by atoms with van der Waals surface area (Å²) in [7, 11) is 0. The standard InChI is InChI=1S/C35H28F2N2/c1-22-20-32-33-25(16-18-30(36)34(33)37)15-17-28-26-12-6-7-13-27(26)31-14-8-9-19-38(31)35(28)23(2)39(32)21-29(22)24-10-4-3-5-11-24/h3-14,16,18-21,28,35H,2,15,17H2,1H3/q+2. The van der Waals surface area contributed by atoms with Crippen LogP contribution in [0.5, 0.6) is 0 Å². The smallest absolute Gasteiger partial charge is 0.204 e. The van der Waals surface area contributed by atoms with Gasteiger partial charge in [0.15, 0.2) is 24.0 Å². The third-order valence-corrected chi connectivity index (χ3v) is 8.40. The van der Waals surface area contributed by atoms with Crippen molar-refractivity contribution in [2.45, 2.75) is 31.7 Å². The molecule has 39 heavy (non-hydrogen) atoms. The van der Waals surface area contributed by atoms with Crippen LogP contribution in [0.25, 0.3) is 39.3 Å². The number of benzene rings is 3. The van der Waals surface area contributed by atoms with Crippen molar-refractivity contribution < 1.29 is 17.9 Å². The molecule has 0 bridgehead atoms. The van der Waals surface area contributed by atoms with Crippen molar-refractivity contribution in [2.24, 2.45) is 0 Å². The molecule has 0 fully saturated rings. The number of halogens is 2. The predicted octanol–water partition coefficient (Wildman–Crippen LogP) is 7.60. The second-order valence-corrected chi connectivity index (χ2v) is 10.5. The van der Waals surface area contributed by atoms with E-state index in [1.54, 1.807) is 6.07 Å². The maximum atomic E-state index is 15.7. The Balaban J connectivity index is 1.55. The van der Waals surface area contributed by atoms with E-state index in [-0.39, 0.29) is 12.0 Å². The number of nitrogens with zero attached hydrogens (tertiary/aromatic N) is 2. The summed E-state index contributed by atoms with van der Waals surface area (Å²) in [6.07, 6.45) is 5.57. The Bertz CT molecular complexity index is 1770. The first-order valence-electron chi connectivity index (χ1n) is 13.4. The molecule has 0 radical (unpaired) electrons. The third-order valence-electron chi connectivity index (χ3n) is 8.40. The van der Waals surface area contributed by atoms with Gasteiger partial charge in [0.2, 0.25) is 23.1 Å². The van der Waals surface area contributed by atoms with Crippen LogP contribution < -0.4 is 9.13 Å². The Hall–Kier alpha value is -4.44. The largest absolute Gasteiger partial charge is 0.249 e. The van der Waals surface area contributed by atoms with E-state index in [1.165, 1.54) is 17.2 Å². The van der Waals surface area contributed by atoms with Crippen molar-refractivity contribution in [1.82, 2.24) is 0 Å². The zero-order chi connectivity index (χ0) is 26.7. The van der Waals surface area contributed by atoms with Crippen LogP contribution in [0.3, 0.4) is 0 Å². The highest BCUT2D eigenvalue weighted by Crippen LogP contribution is 2.45. The summed E-state index contributed by atoms with van der Waals surface area (Å²) < 4.78 is 34.8. The molecule has 3 aromatic carbocycles. The van der Waals surface area contributed by atoms with E-state index < -0.39 is 11.6 Å². The van der Waals surface area contributed by atoms with Gasteiger partial charge in [-0.1, -0.05) is 54.6 Å². The minimum atomic E-state index is -0.836. The number of pyridine rings is 2. The van der Waals surface area contributed by atoms with Gasteiger partial charge in [-0.3, -0.25) is 0 Å². The van der Waals surface area contributed by atoms with Gasteiger partial charge in [0, 0.05) is 29.3 Å². The Labute approximate surface area is 227 Å². The molecular weight excluding hydrogens is 486 g/mol. The molecular formula is C35H28F2N2+2. The van der Waals surface area contributed by atoms with Gasteiger partial charge in [0.05, 0.1) is 11.5 Å². The molecule has 0 amide bonds. The molecule has 0 aliphatic carbocycles. The molecule has 2 aliphatic rings. The van der Waals surface area contributed by atoms with Crippen LogP contribution in [0.2, 0.25) is 0 Å². The molecule has 2 atom stereocenters. The van der Waals surface area contributed by atoms with E-state index in [1.807, 2.05) is 41.8 Å². The molecule has 5 aromatic rings. The van der Waals surface area contributed by atoms with Crippen LogP contribution >= 0.6 is 0 Å². The van der Waals surface area contributed by atoms with Crippen LogP contribution in [-0.2, 0) is 6.42 Å². The average Bonchev–Trinajstić information content (AvgIpc) is 3.02. The molecule has 2 unspecified atom stereocenters. The molecule has 7 rings (SSSR count). The first-order chi connectivity index (χ1) is 19.0. The van der Waals surface area contributed by atoms with Crippen LogP contribution in [0.15, 0.2) is 110 Å². The lowest BCUT2D eigenvalue weighted by Gasteiger charge is -2.29. The van der Waals surface area contributed by atoms with Gasteiger partial charge in [-0.25, -0.2) is 8.78 Å². The Morgan fingerprint density at radius 1 is 0.821 bits per heavy atom. The minimum Gasteiger partial charge on any atom is -0.204 e. The molecule has 2 aliphatic heterocycles. The van der Waals surface area contributed by atoms with E-state index in [0.717, 1.165) is 40.1 Å². The maximum Gasteiger partial charge on any atom is 0.249 e. The molecule has 4 heteroatoms. The normalized spacial score (nSPS) is 17.5. The Kier molecular flexibility index (Phi) is 5.52. The molecule has 0 N–H and O–H groups in total. The molecule has 2 aromatic heterocycles. The molecule has 2 nitrogen and oxygen atoms in total. The Morgan fingerprint density at radius 2 is 1.59 bits per heavy atom. The lowest BCUT2D eigenvalue weighted by Crippen LogP contribution is -2.53. The van der Waals surface area contributed by atoms with E-state index in [0.29, 0.717) is 17.7 Å². The first-order valence-corrected chi connectivity index (χ1v) is 13.4. The van der Waals surface area contributed by atoms with Crippen LogP contribution in [0, 0.1) is 18.6 Å². The topological polar surface area (TPSA) is 7.76 Å². The van der Waals surface area contributed by atoms with E-state index in [4.69, 9.17) is 0 Å². The average molecular weight is 515 g/mol. The lowest BCUT2D eigenvalue weighted by molar-refractivity contribution is -0.727. The fourth-order valence-corrected chi connectivity index (χ4v) is 6.58. The number of fused-ring (bicyclic) bond motifs is 9. The second-order valence-electron chi connectivity index (χ2n) is 10.5. The molecule has 4 heterocycles. The lowest BCUT2D eigenvalue weighted by atomic mass is 9.78. The summed E-state index contributed by atoms with van der Waals surface area (Å²) in [6, 6.07) is 29.9. The summed E-state index contributed by atoms with van der Waals surface area (Å²) >= 11 is 0. The molecule has 0 spiro atoms. The number of hydrogen-bond donors (Lipinski definition) is 0. The minimum absolute atomic E-state index is 0.103. The van der Waals surface area contributed by atoms with E-state index in [2.05, 4.69) is 72.1 Å².